The lowest BCUT2D eigenvalue weighted by Gasteiger charge is -2.20. The Morgan fingerprint density at radius 1 is 1.50 bits per heavy atom. The van der Waals surface area contributed by atoms with E-state index < -0.39 is 6.04 Å². The highest BCUT2D eigenvalue weighted by Crippen LogP contribution is 2.33. The van der Waals surface area contributed by atoms with E-state index in [1.165, 1.54) is 0 Å². The smallest absolute Gasteiger partial charge is 0.240 e. The van der Waals surface area contributed by atoms with Gasteiger partial charge in [-0.1, -0.05) is 0 Å². The van der Waals surface area contributed by atoms with Crippen molar-refractivity contribution in [3.8, 4) is 5.75 Å². The van der Waals surface area contributed by atoms with E-state index in [1.54, 1.807) is 37.1 Å². The Hall–Kier alpha value is -2.08. The van der Waals surface area contributed by atoms with Crippen molar-refractivity contribution in [1.82, 2.24) is 0 Å². The van der Waals surface area contributed by atoms with Gasteiger partial charge in [0.15, 0.2) is 0 Å². The third-order valence-corrected chi connectivity index (χ3v) is 3.22. The van der Waals surface area contributed by atoms with Crippen LogP contribution < -0.4 is 20.7 Å². The largest absolute Gasteiger partial charge is 0.495 e. The monoisotopic (exact) mass is 277 g/mol. The average Bonchev–Trinajstić information content (AvgIpc) is 2.84. The molecule has 0 unspecified atom stereocenters. The molecule has 1 aliphatic rings. The number of anilines is 2. The van der Waals surface area contributed by atoms with Crippen molar-refractivity contribution in [2.24, 2.45) is 5.73 Å². The number of nitrogens with one attached hydrogen (secondary N) is 1. The van der Waals surface area contributed by atoms with Crippen molar-refractivity contribution in [2.75, 3.05) is 23.9 Å². The van der Waals surface area contributed by atoms with Gasteiger partial charge in [0.1, 0.15) is 5.75 Å². The van der Waals surface area contributed by atoms with Crippen LogP contribution in [0.5, 0.6) is 5.75 Å². The topological polar surface area (TPSA) is 84.7 Å². The SMILES string of the molecule is COc1ccc(NC(=O)[C@H](C)N)cc1N1CCCC1=O. The first-order valence-electron chi connectivity index (χ1n) is 6.58. The minimum absolute atomic E-state index is 0.0685. The molecule has 1 aromatic carbocycles. The second kappa shape index (κ2) is 5.92. The summed E-state index contributed by atoms with van der Waals surface area (Å²) in [6, 6.07) is 4.61. The number of nitrogens with zero attached hydrogens (tertiary/aromatic N) is 1. The first-order chi connectivity index (χ1) is 9.52. The van der Waals surface area contributed by atoms with Crippen molar-refractivity contribution in [3.63, 3.8) is 0 Å². The molecule has 0 aromatic heterocycles. The Bertz CT molecular complexity index is 528. The Morgan fingerprint density at radius 3 is 2.80 bits per heavy atom. The zero-order chi connectivity index (χ0) is 14.7. The Labute approximate surface area is 117 Å². The molecule has 2 amide bonds. The molecular formula is C14H19N3O3. The molecule has 0 saturated carbocycles. The molecule has 2 rings (SSSR count). The summed E-state index contributed by atoms with van der Waals surface area (Å²) in [6.07, 6.45) is 1.37. The number of amides is 2. The second-order valence-electron chi connectivity index (χ2n) is 4.81. The lowest BCUT2D eigenvalue weighted by Crippen LogP contribution is -2.32. The van der Waals surface area contributed by atoms with Gasteiger partial charge in [-0.3, -0.25) is 9.59 Å². The number of carbonyl (C=O) groups excluding carboxylic acids is 2. The summed E-state index contributed by atoms with van der Waals surface area (Å²) >= 11 is 0. The quantitative estimate of drug-likeness (QED) is 0.863. The molecule has 1 aromatic rings. The molecule has 0 bridgehead atoms. The minimum Gasteiger partial charge on any atom is -0.495 e. The van der Waals surface area contributed by atoms with Crippen LogP contribution in [0, 0.1) is 0 Å². The van der Waals surface area contributed by atoms with E-state index in [0.29, 0.717) is 30.1 Å². The molecule has 0 aliphatic carbocycles. The fourth-order valence-electron chi connectivity index (χ4n) is 2.14. The predicted octanol–water partition coefficient (Wildman–Crippen LogP) is 1.11. The molecule has 0 radical (unpaired) electrons. The highest BCUT2D eigenvalue weighted by Gasteiger charge is 2.25. The lowest BCUT2D eigenvalue weighted by atomic mass is 10.2. The number of hydrogen-bond donors (Lipinski definition) is 2. The van der Waals surface area contributed by atoms with Crippen LogP contribution in [0.1, 0.15) is 19.8 Å². The van der Waals surface area contributed by atoms with E-state index in [1.807, 2.05) is 0 Å². The van der Waals surface area contributed by atoms with E-state index in [9.17, 15) is 9.59 Å². The fourth-order valence-corrected chi connectivity index (χ4v) is 2.14. The molecule has 3 N–H and O–H groups in total. The zero-order valence-electron chi connectivity index (χ0n) is 11.7. The Morgan fingerprint density at radius 2 is 2.25 bits per heavy atom. The number of nitrogens with two attached hydrogens (primary N) is 1. The highest BCUT2D eigenvalue weighted by atomic mass is 16.5. The first kappa shape index (κ1) is 14.3. The predicted molar refractivity (Wildman–Crippen MR) is 76.9 cm³/mol. The summed E-state index contributed by atoms with van der Waals surface area (Å²) in [5.41, 5.74) is 6.80. The van der Waals surface area contributed by atoms with Crippen LogP contribution >= 0.6 is 0 Å². The molecule has 1 saturated heterocycles. The van der Waals surface area contributed by atoms with Gasteiger partial charge in [-0.25, -0.2) is 0 Å². The van der Waals surface area contributed by atoms with Gasteiger partial charge in [0, 0.05) is 18.7 Å². The normalized spacial score (nSPS) is 16.1. The van der Waals surface area contributed by atoms with Crippen LogP contribution in [-0.2, 0) is 9.59 Å². The van der Waals surface area contributed by atoms with Crippen LogP contribution in [0.2, 0.25) is 0 Å². The maximum Gasteiger partial charge on any atom is 0.240 e. The third kappa shape index (κ3) is 2.91. The van der Waals surface area contributed by atoms with Gasteiger partial charge in [0.05, 0.1) is 18.8 Å². The van der Waals surface area contributed by atoms with Gasteiger partial charge >= 0.3 is 0 Å². The molecule has 1 aliphatic heterocycles. The maximum absolute atomic E-state index is 11.8. The summed E-state index contributed by atoms with van der Waals surface area (Å²) in [5, 5.41) is 2.71. The molecule has 6 heteroatoms. The Balaban J connectivity index is 2.29. The molecule has 108 valence electrons. The molecular weight excluding hydrogens is 258 g/mol. The molecule has 6 nitrogen and oxygen atoms in total. The number of methoxy groups -OCH3 is 1. The fraction of sp³-hybridized carbons (Fsp3) is 0.429. The summed E-state index contributed by atoms with van der Waals surface area (Å²) in [7, 11) is 1.56. The third-order valence-electron chi connectivity index (χ3n) is 3.22. The Kier molecular flexibility index (Phi) is 4.24. The van der Waals surface area contributed by atoms with Crippen molar-refractivity contribution in [3.05, 3.63) is 18.2 Å². The lowest BCUT2D eigenvalue weighted by molar-refractivity contribution is -0.117. The first-order valence-corrected chi connectivity index (χ1v) is 6.58. The van der Waals surface area contributed by atoms with Crippen LogP contribution in [0.3, 0.4) is 0 Å². The van der Waals surface area contributed by atoms with Crippen molar-refractivity contribution in [2.45, 2.75) is 25.8 Å². The van der Waals surface area contributed by atoms with Crippen molar-refractivity contribution >= 4 is 23.2 Å². The number of hydrogen-bond acceptors (Lipinski definition) is 4. The van der Waals surface area contributed by atoms with E-state index in [2.05, 4.69) is 5.32 Å². The van der Waals surface area contributed by atoms with E-state index >= 15 is 0 Å². The minimum atomic E-state index is -0.589. The second-order valence-corrected chi connectivity index (χ2v) is 4.81. The van der Waals surface area contributed by atoms with Crippen molar-refractivity contribution < 1.29 is 14.3 Å². The van der Waals surface area contributed by atoms with Gasteiger partial charge < -0.3 is 20.7 Å². The number of carbonyl (C=O) groups is 2. The molecule has 1 fully saturated rings. The number of benzene rings is 1. The van der Waals surface area contributed by atoms with Gasteiger partial charge in [0.25, 0.3) is 0 Å². The summed E-state index contributed by atoms with van der Waals surface area (Å²) in [4.78, 5) is 25.1. The molecule has 0 spiro atoms. The van der Waals surface area contributed by atoms with Crippen LogP contribution in [0.15, 0.2) is 18.2 Å². The zero-order valence-corrected chi connectivity index (χ0v) is 11.7. The molecule has 1 atom stereocenters. The standard InChI is InChI=1S/C14H19N3O3/c1-9(15)14(19)16-10-5-6-12(20-2)11(8-10)17-7-3-4-13(17)18/h5-6,8-9H,3-4,7,15H2,1-2H3,(H,16,19)/t9-/m0/s1. The van der Waals surface area contributed by atoms with Crippen LogP contribution in [0.25, 0.3) is 0 Å². The number of ether oxygens (including phenoxy) is 1. The maximum atomic E-state index is 11.8. The van der Waals surface area contributed by atoms with E-state index in [0.717, 1.165) is 6.42 Å². The van der Waals surface area contributed by atoms with E-state index in [-0.39, 0.29) is 11.8 Å². The van der Waals surface area contributed by atoms with Crippen molar-refractivity contribution in [1.29, 1.82) is 0 Å². The summed E-state index contributed by atoms with van der Waals surface area (Å²) in [5.74, 6) is 0.409. The van der Waals surface area contributed by atoms with Gasteiger partial charge in [-0.15, -0.1) is 0 Å². The van der Waals surface area contributed by atoms with Gasteiger partial charge in [0.2, 0.25) is 11.8 Å². The van der Waals surface area contributed by atoms with Gasteiger partial charge in [-0.05, 0) is 31.5 Å². The number of rotatable bonds is 4. The summed E-state index contributed by atoms with van der Waals surface area (Å²) in [6.45, 7) is 2.28. The highest BCUT2D eigenvalue weighted by molar-refractivity contribution is 5.99. The van der Waals surface area contributed by atoms with Crippen LogP contribution in [0.4, 0.5) is 11.4 Å². The van der Waals surface area contributed by atoms with Crippen LogP contribution in [-0.4, -0.2) is 31.5 Å². The van der Waals surface area contributed by atoms with E-state index in [4.69, 9.17) is 10.5 Å². The van der Waals surface area contributed by atoms with Gasteiger partial charge in [-0.2, -0.15) is 0 Å². The molecule has 1 heterocycles. The average molecular weight is 277 g/mol. The summed E-state index contributed by atoms with van der Waals surface area (Å²) < 4.78 is 5.28. The molecule has 20 heavy (non-hydrogen) atoms.